The summed E-state index contributed by atoms with van der Waals surface area (Å²) in [4.78, 5) is 34.9. The standard InChI is InChI=1S/C15H19N3O2.C2H4O2/c19-13-9-18(7-6-17-13)14(20)15(10-16-11-15)8-12-4-2-1-3-5-12;1-2(3)4/h1-5,16H,6-11H2,(H,17,19);1H3,(H,3,4). The average molecular weight is 333 g/mol. The molecule has 2 aliphatic heterocycles. The van der Waals surface area contributed by atoms with Crippen molar-refractivity contribution in [1.29, 1.82) is 0 Å². The molecule has 0 aromatic heterocycles. The summed E-state index contributed by atoms with van der Waals surface area (Å²) in [5.41, 5.74) is 0.794. The van der Waals surface area contributed by atoms with Gasteiger partial charge in [0.25, 0.3) is 5.97 Å². The number of aliphatic carboxylic acids is 1. The van der Waals surface area contributed by atoms with Crippen molar-refractivity contribution in [3.8, 4) is 0 Å². The van der Waals surface area contributed by atoms with E-state index in [9.17, 15) is 9.59 Å². The summed E-state index contributed by atoms with van der Waals surface area (Å²) < 4.78 is 0. The van der Waals surface area contributed by atoms with Crippen molar-refractivity contribution < 1.29 is 19.5 Å². The lowest BCUT2D eigenvalue weighted by Gasteiger charge is -2.45. The van der Waals surface area contributed by atoms with E-state index in [0.717, 1.165) is 13.3 Å². The van der Waals surface area contributed by atoms with Gasteiger partial charge >= 0.3 is 0 Å². The number of carbonyl (C=O) groups is 3. The van der Waals surface area contributed by atoms with Crippen molar-refractivity contribution in [3.05, 3.63) is 35.9 Å². The third-order valence-corrected chi connectivity index (χ3v) is 4.09. The molecule has 0 spiro atoms. The minimum Gasteiger partial charge on any atom is -0.481 e. The number of hydrogen-bond donors (Lipinski definition) is 3. The summed E-state index contributed by atoms with van der Waals surface area (Å²) in [6.07, 6.45) is 0.734. The number of carbonyl (C=O) groups excluding carboxylic acids is 2. The topological polar surface area (TPSA) is 98.7 Å². The first-order valence-corrected chi connectivity index (χ1v) is 7.93. The van der Waals surface area contributed by atoms with E-state index in [-0.39, 0.29) is 23.8 Å². The van der Waals surface area contributed by atoms with Crippen LogP contribution >= 0.6 is 0 Å². The molecule has 7 heteroatoms. The Bertz CT molecular complexity index is 595. The van der Waals surface area contributed by atoms with Gasteiger partial charge in [0, 0.05) is 33.1 Å². The van der Waals surface area contributed by atoms with Crippen LogP contribution in [0.4, 0.5) is 0 Å². The SMILES string of the molecule is CC(=O)O.O=C1CN(C(=O)C2(Cc3ccccc3)CNC2)CCN1. The second-order valence-electron chi connectivity index (χ2n) is 6.14. The number of nitrogens with one attached hydrogen (secondary N) is 2. The van der Waals surface area contributed by atoms with Crippen molar-refractivity contribution in [3.63, 3.8) is 0 Å². The minimum absolute atomic E-state index is 0.0632. The summed E-state index contributed by atoms with van der Waals surface area (Å²) in [6.45, 7) is 3.83. The van der Waals surface area contributed by atoms with Crippen LogP contribution < -0.4 is 10.6 Å². The molecule has 2 amide bonds. The van der Waals surface area contributed by atoms with Crippen LogP contribution in [0, 0.1) is 5.41 Å². The zero-order valence-corrected chi connectivity index (χ0v) is 13.7. The van der Waals surface area contributed by atoms with Crippen LogP contribution in [0.3, 0.4) is 0 Å². The van der Waals surface area contributed by atoms with Gasteiger partial charge in [0.1, 0.15) is 0 Å². The number of amides is 2. The van der Waals surface area contributed by atoms with Gasteiger partial charge in [-0.15, -0.1) is 0 Å². The molecule has 2 fully saturated rings. The van der Waals surface area contributed by atoms with Crippen LogP contribution in [0.1, 0.15) is 12.5 Å². The van der Waals surface area contributed by atoms with Crippen LogP contribution in [0.5, 0.6) is 0 Å². The highest BCUT2D eigenvalue weighted by Gasteiger charge is 2.46. The molecular formula is C17H23N3O4. The maximum Gasteiger partial charge on any atom is 0.300 e. The summed E-state index contributed by atoms with van der Waals surface area (Å²) in [5.74, 6) is -0.790. The molecule has 2 aliphatic rings. The molecule has 1 aromatic carbocycles. The van der Waals surface area contributed by atoms with E-state index in [2.05, 4.69) is 22.8 Å². The average Bonchev–Trinajstić information content (AvgIpc) is 2.51. The normalized spacial score (nSPS) is 18.5. The van der Waals surface area contributed by atoms with Gasteiger partial charge in [0.15, 0.2) is 0 Å². The predicted molar refractivity (Wildman–Crippen MR) is 88.3 cm³/mol. The lowest BCUT2D eigenvalue weighted by atomic mass is 9.75. The number of nitrogens with zero attached hydrogens (tertiary/aromatic N) is 1. The van der Waals surface area contributed by atoms with E-state index in [4.69, 9.17) is 9.90 Å². The molecule has 1 aromatic rings. The van der Waals surface area contributed by atoms with Gasteiger partial charge < -0.3 is 20.6 Å². The fraction of sp³-hybridized carbons (Fsp3) is 0.471. The van der Waals surface area contributed by atoms with Crippen molar-refractivity contribution in [2.24, 2.45) is 5.41 Å². The van der Waals surface area contributed by atoms with E-state index < -0.39 is 5.97 Å². The fourth-order valence-corrected chi connectivity index (χ4v) is 2.91. The zero-order valence-electron chi connectivity index (χ0n) is 13.7. The Kier molecular flexibility index (Phi) is 5.92. The van der Waals surface area contributed by atoms with Gasteiger partial charge in [-0.2, -0.15) is 0 Å². The molecular weight excluding hydrogens is 310 g/mol. The number of carboxylic acids is 1. The second kappa shape index (κ2) is 7.92. The van der Waals surface area contributed by atoms with Gasteiger partial charge in [-0.25, -0.2) is 0 Å². The first-order chi connectivity index (χ1) is 11.4. The number of hydrogen-bond acceptors (Lipinski definition) is 4. The summed E-state index contributed by atoms with van der Waals surface area (Å²) in [6, 6.07) is 10.1. The highest BCUT2D eigenvalue weighted by atomic mass is 16.4. The molecule has 0 aliphatic carbocycles. The van der Waals surface area contributed by atoms with Crippen LogP contribution in [0.2, 0.25) is 0 Å². The van der Waals surface area contributed by atoms with Gasteiger partial charge in [0.2, 0.25) is 11.8 Å². The van der Waals surface area contributed by atoms with Gasteiger partial charge in [-0.3, -0.25) is 14.4 Å². The highest BCUT2D eigenvalue weighted by Crippen LogP contribution is 2.30. The van der Waals surface area contributed by atoms with Crippen LogP contribution in [0.25, 0.3) is 0 Å². The Morgan fingerprint density at radius 3 is 2.38 bits per heavy atom. The Labute approximate surface area is 141 Å². The summed E-state index contributed by atoms with van der Waals surface area (Å²) >= 11 is 0. The third kappa shape index (κ3) is 4.55. The van der Waals surface area contributed by atoms with Gasteiger partial charge in [0.05, 0.1) is 12.0 Å². The highest BCUT2D eigenvalue weighted by molar-refractivity contribution is 5.90. The number of rotatable bonds is 3. The van der Waals surface area contributed by atoms with E-state index in [1.165, 1.54) is 5.56 Å². The van der Waals surface area contributed by atoms with Crippen LogP contribution in [0.15, 0.2) is 30.3 Å². The molecule has 0 saturated carbocycles. The van der Waals surface area contributed by atoms with E-state index in [1.54, 1.807) is 4.90 Å². The maximum absolute atomic E-state index is 12.8. The van der Waals surface area contributed by atoms with Gasteiger partial charge in [-0.1, -0.05) is 30.3 Å². The van der Waals surface area contributed by atoms with Crippen LogP contribution in [-0.4, -0.2) is 60.5 Å². The molecule has 24 heavy (non-hydrogen) atoms. The monoisotopic (exact) mass is 333 g/mol. The van der Waals surface area contributed by atoms with E-state index in [1.807, 2.05) is 18.2 Å². The Balaban J connectivity index is 0.000000471. The largest absolute Gasteiger partial charge is 0.481 e. The fourth-order valence-electron chi connectivity index (χ4n) is 2.91. The lowest BCUT2D eigenvalue weighted by molar-refractivity contribution is -0.149. The molecule has 0 atom stereocenters. The molecule has 3 rings (SSSR count). The quantitative estimate of drug-likeness (QED) is 0.716. The Hall–Kier alpha value is -2.41. The molecule has 3 N–H and O–H groups in total. The summed E-state index contributed by atoms with van der Waals surface area (Å²) in [7, 11) is 0. The first-order valence-electron chi connectivity index (χ1n) is 7.93. The van der Waals surface area contributed by atoms with Gasteiger partial charge in [-0.05, 0) is 12.0 Å². The van der Waals surface area contributed by atoms with Crippen molar-refractivity contribution in [2.75, 3.05) is 32.7 Å². The first kappa shape index (κ1) is 17.9. The summed E-state index contributed by atoms with van der Waals surface area (Å²) in [5, 5.41) is 13.4. The lowest BCUT2D eigenvalue weighted by Crippen LogP contribution is -2.65. The van der Waals surface area contributed by atoms with Crippen LogP contribution in [-0.2, 0) is 20.8 Å². The van der Waals surface area contributed by atoms with Crippen molar-refractivity contribution in [2.45, 2.75) is 13.3 Å². The number of benzene rings is 1. The number of piperazine rings is 1. The molecule has 130 valence electrons. The molecule has 2 heterocycles. The van der Waals surface area contributed by atoms with E-state index >= 15 is 0 Å². The second-order valence-corrected chi connectivity index (χ2v) is 6.14. The molecule has 0 radical (unpaired) electrons. The predicted octanol–water partition coefficient (Wildman–Crippen LogP) is -0.132. The molecule has 0 bridgehead atoms. The smallest absolute Gasteiger partial charge is 0.300 e. The van der Waals surface area contributed by atoms with E-state index in [0.29, 0.717) is 26.2 Å². The Morgan fingerprint density at radius 2 is 1.88 bits per heavy atom. The Morgan fingerprint density at radius 1 is 1.25 bits per heavy atom. The number of carboxylic acid groups (broad SMARTS) is 1. The van der Waals surface area contributed by atoms with Crippen molar-refractivity contribution >= 4 is 17.8 Å². The van der Waals surface area contributed by atoms with Crippen molar-refractivity contribution in [1.82, 2.24) is 15.5 Å². The molecule has 2 saturated heterocycles. The zero-order chi connectivity index (χ0) is 17.6. The minimum atomic E-state index is -0.833. The molecule has 7 nitrogen and oxygen atoms in total. The third-order valence-electron chi connectivity index (χ3n) is 4.09. The molecule has 0 unspecified atom stereocenters. The maximum atomic E-state index is 12.8.